The molecule has 17 heavy (non-hydrogen) atoms. The summed E-state index contributed by atoms with van der Waals surface area (Å²) in [5.41, 5.74) is 0. The van der Waals surface area contributed by atoms with Crippen molar-refractivity contribution in [2.24, 2.45) is 5.92 Å². The van der Waals surface area contributed by atoms with Gasteiger partial charge in [-0.1, -0.05) is 0 Å². The Morgan fingerprint density at radius 1 is 1.47 bits per heavy atom. The van der Waals surface area contributed by atoms with Crippen molar-refractivity contribution in [1.29, 1.82) is 0 Å². The fourth-order valence-corrected chi connectivity index (χ4v) is 1.80. The van der Waals surface area contributed by atoms with Gasteiger partial charge < -0.3 is 14.5 Å². The molecule has 1 fully saturated rings. The highest BCUT2D eigenvalue weighted by Crippen LogP contribution is 2.25. The van der Waals surface area contributed by atoms with E-state index in [4.69, 9.17) is 4.74 Å². The molecule has 1 aliphatic heterocycles. The number of carbonyl (C=O) groups is 1. The van der Waals surface area contributed by atoms with Crippen LogP contribution >= 0.6 is 0 Å². The molecule has 1 aromatic heterocycles. The first-order chi connectivity index (χ1) is 8.11. The van der Waals surface area contributed by atoms with Crippen molar-refractivity contribution < 1.29 is 9.53 Å². The molecule has 0 aliphatic carbocycles. The number of nitrogens with zero attached hydrogens (tertiary/aromatic N) is 4. The molecule has 0 bridgehead atoms. The van der Waals surface area contributed by atoms with Gasteiger partial charge in [-0.2, -0.15) is 0 Å². The van der Waals surface area contributed by atoms with Gasteiger partial charge in [0, 0.05) is 33.3 Å². The number of carbonyl (C=O) groups excluding carboxylic acids is 1. The van der Waals surface area contributed by atoms with Crippen LogP contribution in [-0.2, 0) is 4.79 Å². The minimum atomic E-state index is 0.0750. The van der Waals surface area contributed by atoms with Crippen molar-refractivity contribution in [2.45, 2.75) is 0 Å². The summed E-state index contributed by atoms with van der Waals surface area (Å²) in [5, 5.41) is 0. The molecule has 1 aliphatic rings. The third-order valence-corrected chi connectivity index (χ3v) is 2.83. The third kappa shape index (κ3) is 2.30. The summed E-state index contributed by atoms with van der Waals surface area (Å²) in [5.74, 6) is 1.59. The molecule has 92 valence electrons. The van der Waals surface area contributed by atoms with Crippen molar-refractivity contribution in [1.82, 2.24) is 14.9 Å². The molecule has 0 spiro atoms. The molecule has 6 heteroatoms. The Morgan fingerprint density at radius 2 is 2.18 bits per heavy atom. The second-order valence-electron chi connectivity index (χ2n) is 4.25. The number of methoxy groups -OCH3 is 1. The van der Waals surface area contributed by atoms with Crippen LogP contribution in [0.1, 0.15) is 0 Å². The van der Waals surface area contributed by atoms with E-state index in [9.17, 15) is 4.79 Å². The van der Waals surface area contributed by atoms with Crippen LogP contribution in [0.4, 0.5) is 5.82 Å². The van der Waals surface area contributed by atoms with Crippen LogP contribution < -0.4 is 9.64 Å². The maximum Gasteiger partial charge on any atom is 0.228 e. The van der Waals surface area contributed by atoms with E-state index in [0.29, 0.717) is 19.0 Å². The molecule has 6 nitrogen and oxygen atoms in total. The van der Waals surface area contributed by atoms with E-state index >= 15 is 0 Å². The van der Waals surface area contributed by atoms with Gasteiger partial charge in [0.15, 0.2) is 0 Å². The zero-order chi connectivity index (χ0) is 12.4. The Balaban J connectivity index is 1.97. The molecule has 0 aromatic carbocycles. The topological polar surface area (TPSA) is 58.6 Å². The van der Waals surface area contributed by atoms with Gasteiger partial charge in [-0.15, -0.1) is 0 Å². The summed E-state index contributed by atoms with van der Waals surface area (Å²) < 4.78 is 5.03. The maximum absolute atomic E-state index is 11.7. The zero-order valence-electron chi connectivity index (χ0n) is 10.3. The van der Waals surface area contributed by atoms with Crippen LogP contribution in [-0.4, -0.2) is 55.1 Å². The van der Waals surface area contributed by atoms with Gasteiger partial charge in [0.2, 0.25) is 11.8 Å². The Bertz CT molecular complexity index is 416. The van der Waals surface area contributed by atoms with Gasteiger partial charge in [-0.05, 0) is 0 Å². The van der Waals surface area contributed by atoms with E-state index in [1.807, 2.05) is 4.90 Å². The number of amides is 1. The minimum Gasteiger partial charge on any atom is -0.481 e. The van der Waals surface area contributed by atoms with Crippen molar-refractivity contribution in [3.05, 3.63) is 12.4 Å². The summed E-state index contributed by atoms with van der Waals surface area (Å²) in [7, 11) is 5.12. The van der Waals surface area contributed by atoms with Gasteiger partial charge in [0.05, 0.1) is 13.0 Å². The molecule has 0 radical (unpaired) electrons. The highest BCUT2D eigenvalue weighted by molar-refractivity contribution is 5.81. The average molecular weight is 236 g/mol. The summed E-state index contributed by atoms with van der Waals surface area (Å²) in [4.78, 5) is 23.4. The molecule has 1 amide bonds. The monoisotopic (exact) mass is 236 g/mol. The molecule has 0 atom stereocenters. The van der Waals surface area contributed by atoms with E-state index in [1.165, 1.54) is 6.33 Å². The van der Waals surface area contributed by atoms with Crippen molar-refractivity contribution in [3.8, 4) is 5.88 Å². The van der Waals surface area contributed by atoms with E-state index in [-0.39, 0.29) is 11.8 Å². The lowest BCUT2D eigenvalue weighted by molar-refractivity contribution is -0.133. The van der Waals surface area contributed by atoms with E-state index in [1.54, 1.807) is 32.2 Å². The fourth-order valence-electron chi connectivity index (χ4n) is 1.80. The van der Waals surface area contributed by atoms with Gasteiger partial charge >= 0.3 is 0 Å². The standard InChI is InChI=1S/C11H16N4O2/c1-14(2)11(16)8-5-15(6-8)9-4-10(17-3)13-7-12-9/h4,7-8H,5-6H2,1-3H3. The second kappa shape index (κ2) is 4.57. The van der Waals surface area contributed by atoms with Gasteiger partial charge in [0.25, 0.3) is 0 Å². The first kappa shape index (κ1) is 11.6. The van der Waals surface area contributed by atoms with E-state index < -0.39 is 0 Å². The molecule has 1 aromatic rings. The number of hydrogen-bond acceptors (Lipinski definition) is 5. The van der Waals surface area contributed by atoms with Gasteiger partial charge in [-0.25, -0.2) is 9.97 Å². The van der Waals surface area contributed by atoms with Crippen LogP contribution in [0, 0.1) is 5.92 Å². The quantitative estimate of drug-likeness (QED) is 0.740. The number of rotatable bonds is 3. The Labute approximate surface area is 100 Å². The molecular formula is C11H16N4O2. The second-order valence-corrected chi connectivity index (χ2v) is 4.25. The number of anilines is 1. The SMILES string of the molecule is COc1cc(N2CC(C(=O)N(C)C)C2)ncn1. The van der Waals surface area contributed by atoms with Crippen molar-refractivity contribution in [2.75, 3.05) is 39.2 Å². The predicted molar refractivity (Wildman–Crippen MR) is 63.0 cm³/mol. The predicted octanol–water partition coefficient (Wildman–Crippen LogP) is 0.00960. The molecule has 0 saturated carbocycles. The van der Waals surface area contributed by atoms with E-state index in [0.717, 1.165) is 5.82 Å². The first-order valence-electron chi connectivity index (χ1n) is 5.44. The van der Waals surface area contributed by atoms with Crippen LogP contribution in [0.5, 0.6) is 5.88 Å². The zero-order valence-corrected chi connectivity index (χ0v) is 10.3. The molecule has 2 rings (SSSR count). The normalized spacial score (nSPS) is 15.4. The van der Waals surface area contributed by atoms with E-state index in [2.05, 4.69) is 9.97 Å². The van der Waals surface area contributed by atoms with Crippen LogP contribution in [0.25, 0.3) is 0 Å². The number of ether oxygens (including phenoxy) is 1. The number of hydrogen-bond donors (Lipinski definition) is 0. The van der Waals surface area contributed by atoms with Crippen LogP contribution in [0.15, 0.2) is 12.4 Å². The lowest BCUT2D eigenvalue weighted by Gasteiger charge is -2.40. The lowest BCUT2D eigenvalue weighted by Crippen LogP contribution is -2.53. The lowest BCUT2D eigenvalue weighted by atomic mass is 9.99. The van der Waals surface area contributed by atoms with Crippen LogP contribution in [0.2, 0.25) is 0 Å². The van der Waals surface area contributed by atoms with Gasteiger partial charge in [0.1, 0.15) is 12.1 Å². The van der Waals surface area contributed by atoms with Crippen molar-refractivity contribution >= 4 is 11.7 Å². The Morgan fingerprint density at radius 3 is 2.76 bits per heavy atom. The Hall–Kier alpha value is -1.85. The molecule has 2 heterocycles. The maximum atomic E-state index is 11.7. The number of aromatic nitrogens is 2. The summed E-state index contributed by atoms with van der Waals surface area (Å²) in [6.07, 6.45) is 1.47. The highest BCUT2D eigenvalue weighted by Gasteiger charge is 2.34. The third-order valence-electron chi connectivity index (χ3n) is 2.83. The molecule has 0 unspecified atom stereocenters. The fraction of sp³-hybridized carbons (Fsp3) is 0.545. The first-order valence-corrected chi connectivity index (χ1v) is 5.44. The summed E-state index contributed by atoms with van der Waals surface area (Å²) >= 11 is 0. The molecule has 1 saturated heterocycles. The molecular weight excluding hydrogens is 220 g/mol. The highest BCUT2D eigenvalue weighted by atomic mass is 16.5. The van der Waals surface area contributed by atoms with Gasteiger partial charge in [-0.3, -0.25) is 4.79 Å². The largest absolute Gasteiger partial charge is 0.481 e. The van der Waals surface area contributed by atoms with Crippen molar-refractivity contribution in [3.63, 3.8) is 0 Å². The molecule has 0 N–H and O–H groups in total. The summed E-state index contributed by atoms with van der Waals surface area (Å²) in [6.45, 7) is 1.41. The smallest absolute Gasteiger partial charge is 0.228 e. The Kier molecular flexibility index (Phi) is 3.12. The van der Waals surface area contributed by atoms with Crippen LogP contribution in [0.3, 0.4) is 0 Å². The average Bonchev–Trinajstić information content (AvgIpc) is 2.27. The minimum absolute atomic E-state index is 0.0750. The summed E-state index contributed by atoms with van der Waals surface area (Å²) in [6, 6.07) is 1.77.